The highest BCUT2D eigenvalue weighted by atomic mass is 28.2. The molecule has 0 aromatic carbocycles. The summed E-state index contributed by atoms with van der Waals surface area (Å²) in [5.41, 5.74) is 0. The molecule has 0 saturated carbocycles. The van der Waals surface area contributed by atoms with Gasteiger partial charge in [0.15, 0.2) is 0 Å². The van der Waals surface area contributed by atoms with E-state index >= 15 is 0 Å². The molecule has 0 spiro atoms. The minimum atomic E-state index is 0.0548. The highest BCUT2D eigenvalue weighted by Gasteiger charge is 2.32. The molecule has 0 aliphatic carbocycles. The molecular weight excluding hydrogens is 190 g/mol. The molecule has 0 saturated heterocycles. The van der Waals surface area contributed by atoms with Gasteiger partial charge in [-0.05, 0) is 33.1 Å². The number of hydrogen-bond acceptors (Lipinski definition) is 3. The normalized spacial score (nSPS) is 13.1. The first-order chi connectivity index (χ1) is 6.60. The summed E-state index contributed by atoms with van der Waals surface area (Å²) in [4.78, 5) is 8.53. The van der Waals surface area contributed by atoms with Crippen molar-refractivity contribution in [3.63, 3.8) is 0 Å². The van der Waals surface area contributed by atoms with Gasteiger partial charge < -0.3 is 4.98 Å². The van der Waals surface area contributed by atoms with E-state index in [4.69, 9.17) is 0 Å². The number of hydrogen-bond donors (Lipinski definition) is 1. The fraction of sp³-hybridized carbons (Fsp3) is 1.00. The Balaban J connectivity index is 4.72. The fourth-order valence-corrected chi connectivity index (χ4v) is 2.83. The fourth-order valence-electron chi connectivity index (χ4n) is 2.19. The van der Waals surface area contributed by atoms with Gasteiger partial charge in [0, 0.05) is 0 Å². The summed E-state index contributed by atoms with van der Waals surface area (Å²) in [6.45, 7) is 15.6. The van der Waals surface area contributed by atoms with Crippen LogP contribution in [0.5, 0.6) is 0 Å². The van der Waals surface area contributed by atoms with Crippen molar-refractivity contribution in [2.24, 2.45) is 0 Å². The van der Waals surface area contributed by atoms with Gasteiger partial charge in [-0.3, -0.25) is 9.80 Å². The van der Waals surface area contributed by atoms with Gasteiger partial charge >= 0.3 is 0 Å². The van der Waals surface area contributed by atoms with Crippen LogP contribution in [0.3, 0.4) is 0 Å². The molecule has 0 atom stereocenters. The van der Waals surface area contributed by atoms with Crippen LogP contribution in [0.2, 0.25) is 0 Å². The quantitative estimate of drug-likeness (QED) is 0.486. The minimum absolute atomic E-state index is 0.0548. The van der Waals surface area contributed by atoms with Gasteiger partial charge in [0.2, 0.25) is 0 Å². The highest BCUT2D eigenvalue weighted by molar-refractivity contribution is 6.04. The van der Waals surface area contributed by atoms with Crippen LogP contribution in [0.1, 0.15) is 34.6 Å². The third-order valence-electron chi connectivity index (χ3n) is 3.23. The third-order valence-corrected chi connectivity index (χ3v) is 4.18. The molecule has 0 fully saturated rings. The highest BCUT2D eigenvalue weighted by Crippen LogP contribution is 2.15. The smallest absolute Gasteiger partial charge is 0.118 e. The molecule has 0 rings (SSSR count). The molecule has 0 heterocycles. The molecule has 14 heavy (non-hydrogen) atoms. The minimum Gasteiger partial charge on any atom is -0.317 e. The summed E-state index contributed by atoms with van der Waals surface area (Å²) < 4.78 is 0. The molecular formula is C10H27N3Si. The molecule has 3 nitrogen and oxygen atoms in total. The Bertz CT molecular complexity index is 132. The lowest BCUT2D eigenvalue weighted by atomic mass is 10.2. The van der Waals surface area contributed by atoms with E-state index in [2.05, 4.69) is 49.4 Å². The van der Waals surface area contributed by atoms with E-state index in [-0.39, 0.29) is 5.79 Å². The zero-order valence-corrected chi connectivity index (χ0v) is 12.7. The van der Waals surface area contributed by atoms with E-state index < -0.39 is 0 Å². The van der Waals surface area contributed by atoms with E-state index in [0.29, 0.717) is 0 Å². The van der Waals surface area contributed by atoms with Crippen LogP contribution in [0.4, 0.5) is 0 Å². The first-order valence-corrected chi connectivity index (χ1v) is 6.79. The van der Waals surface area contributed by atoms with Crippen LogP contribution in [0, 0.1) is 0 Å². The Morgan fingerprint density at radius 1 is 0.929 bits per heavy atom. The van der Waals surface area contributed by atoms with Crippen LogP contribution in [0.25, 0.3) is 0 Å². The standard InChI is InChI=1S/C10H27N3Si/c1-6-12(7-2)10(5,11-14)13(8-3)9-4/h11H,6-9H2,1-5,14H3. The molecule has 0 unspecified atom stereocenters. The lowest BCUT2D eigenvalue weighted by Crippen LogP contribution is -2.66. The Morgan fingerprint density at radius 2 is 1.21 bits per heavy atom. The monoisotopic (exact) mass is 217 g/mol. The number of rotatable bonds is 7. The van der Waals surface area contributed by atoms with Crippen LogP contribution in [0.15, 0.2) is 0 Å². The summed E-state index contributed by atoms with van der Waals surface area (Å²) >= 11 is 0. The second-order valence-corrected chi connectivity index (χ2v) is 4.12. The zero-order chi connectivity index (χ0) is 11.2. The number of nitrogens with zero attached hydrogens (tertiary/aromatic N) is 2. The van der Waals surface area contributed by atoms with Gasteiger partial charge in [-0.25, -0.2) is 0 Å². The molecule has 0 aromatic rings. The maximum atomic E-state index is 3.57. The van der Waals surface area contributed by atoms with Crippen molar-refractivity contribution >= 4 is 10.4 Å². The molecule has 0 aliphatic heterocycles. The van der Waals surface area contributed by atoms with Crippen molar-refractivity contribution in [3.8, 4) is 0 Å². The van der Waals surface area contributed by atoms with Gasteiger partial charge in [-0.2, -0.15) is 0 Å². The Labute approximate surface area is 92.3 Å². The lowest BCUT2D eigenvalue weighted by Gasteiger charge is -2.48. The maximum Gasteiger partial charge on any atom is 0.118 e. The van der Waals surface area contributed by atoms with Crippen molar-refractivity contribution in [2.75, 3.05) is 26.2 Å². The van der Waals surface area contributed by atoms with E-state index in [1.165, 1.54) is 0 Å². The zero-order valence-electron chi connectivity index (χ0n) is 10.7. The second kappa shape index (κ2) is 6.56. The summed E-state index contributed by atoms with van der Waals surface area (Å²) in [5, 5.41) is 0. The first-order valence-electron chi connectivity index (χ1n) is 5.79. The van der Waals surface area contributed by atoms with Gasteiger partial charge in [-0.15, -0.1) is 0 Å². The average molecular weight is 217 g/mol. The first kappa shape index (κ1) is 14.1. The average Bonchev–Trinajstić information content (AvgIpc) is 2.21. The molecule has 0 aromatic heterocycles. The molecule has 0 aliphatic rings. The molecule has 86 valence electrons. The summed E-state index contributed by atoms with van der Waals surface area (Å²) in [6.07, 6.45) is 0. The molecule has 1 N–H and O–H groups in total. The third kappa shape index (κ3) is 2.79. The van der Waals surface area contributed by atoms with Gasteiger partial charge in [0.1, 0.15) is 5.79 Å². The topological polar surface area (TPSA) is 18.5 Å². The van der Waals surface area contributed by atoms with E-state index in [0.717, 1.165) is 36.6 Å². The van der Waals surface area contributed by atoms with Crippen LogP contribution >= 0.6 is 0 Å². The SMILES string of the molecule is CCN(CC)C(C)(N[SiH3])N(CC)CC. The Kier molecular flexibility index (Phi) is 6.60. The van der Waals surface area contributed by atoms with Crippen molar-refractivity contribution in [3.05, 3.63) is 0 Å². The molecule has 0 amide bonds. The van der Waals surface area contributed by atoms with Crippen LogP contribution in [-0.4, -0.2) is 52.2 Å². The van der Waals surface area contributed by atoms with Crippen LogP contribution in [-0.2, 0) is 0 Å². The van der Waals surface area contributed by atoms with E-state index in [1.54, 1.807) is 0 Å². The van der Waals surface area contributed by atoms with Crippen molar-refractivity contribution in [1.82, 2.24) is 14.8 Å². The van der Waals surface area contributed by atoms with E-state index in [9.17, 15) is 0 Å². The summed E-state index contributed by atoms with van der Waals surface area (Å²) in [5.74, 6) is 0.0548. The molecule has 0 radical (unpaired) electrons. The van der Waals surface area contributed by atoms with Crippen molar-refractivity contribution in [2.45, 2.75) is 40.4 Å². The van der Waals surface area contributed by atoms with Gasteiger partial charge in [0.05, 0.1) is 10.4 Å². The second-order valence-electron chi connectivity index (χ2n) is 3.62. The Morgan fingerprint density at radius 3 is 1.36 bits per heavy atom. The molecule has 0 bridgehead atoms. The summed E-state index contributed by atoms with van der Waals surface area (Å²) in [6, 6.07) is 0. The van der Waals surface area contributed by atoms with Gasteiger partial charge in [-0.1, -0.05) is 27.7 Å². The van der Waals surface area contributed by atoms with Crippen molar-refractivity contribution < 1.29 is 0 Å². The maximum absolute atomic E-state index is 3.57. The van der Waals surface area contributed by atoms with Crippen LogP contribution < -0.4 is 4.98 Å². The lowest BCUT2D eigenvalue weighted by molar-refractivity contribution is -0.0449. The Hall–Kier alpha value is 0.0969. The molecule has 4 heteroatoms. The predicted octanol–water partition coefficient (Wildman–Crippen LogP) is 0.214. The predicted molar refractivity (Wildman–Crippen MR) is 67.3 cm³/mol. The van der Waals surface area contributed by atoms with Crippen molar-refractivity contribution in [1.29, 1.82) is 0 Å². The number of nitrogens with one attached hydrogen (secondary N) is 1. The van der Waals surface area contributed by atoms with Gasteiger partial charge in [0.25, 0.3) is 0 Å². The van der Waals surface area contributed by atoms with E-state index in [1.807, 2.05) is 0 Å². The summed E-state index contributed by atoms with van der Waals surface area (Å²) in [7, 11) is 1.03. The largest absolute Gasteiger partial charge is 0.317 e.